The zero-order valence-electron chi connectivity index (χ0n) is 9.91. The molecular formula is C13H22. The molecule has 74 valence electrons. The summed E-state index contributed by atoms with van der Waals surface area (Å²) in [5.74, 6) is 0. The van der Waals surface area contributed by atoms with Gasteiger partial charge in [-0.05, 0) is 45.3 Å². The lowest BCUT2D eigenvalue weighted by molar-refractivity contribution is 0.438. The molecule has 1 aliphatic rings. The highest BCUT2D eigenvalue weighted by atomic mass is 14.4. The van der Waals surface area contributed by atoms with Crippen LogP contribution in [-0.2, 0) is 0 Å². The molecule has 13 heavy (non-hydrogen) atoms. The van der Waals surface area contributed by atoms with E-state index in [-0.39, 0.29) is 0 Å². The van der Waals surface area contributed by atoms with Gasteiger partial charge < -0.3 is 0 Å². The van der Waals surface area contributed by atoms with Crippen molar-refractivity contribution in [3.8, 4) is 0 Å². The average molecular weight is 178 g/mol. The molecule has 0 amide bonds. The topological polar surface area (TPSA) is 0 Å². The molecule has 0 radical (unpaired) electrons. The van der Waals surface area contributed by atoms with E-state index in [0.29, 0.717) is 5.41 Å². The molecule has 0 aliphatic heterocycles. The van der Waals surface area contributed by atoms with Crippen LogP contribution in [0.5, 0.6) is 0 Å². The molecule has 0 saturated heterocycles. The summed E-state index contributed by atoms with van der Waals surface area (Å²) < 4.78 is 0. The predicted molar refractivity (Wildman–Crippen MR) is 59.8 cm³/mol. The Morgan fingerprint density at radius 1 is 0.923 bits per heavy atom. The Kier molecular flexibility index (Phi) is 2.70. The molecule has 0 aromatic heterocycles. The van der Waals surface area contributed by atoms with Gasteiger partial charge in [-0.1, -0.05) is 31.4 Å². The van der Waals surface area contributed by atoms with Gasteiger partial charge in [0.2, 0.25) is 0 Å². The molecule has 0 unspecified atom stereocenters. The first-order chi connectivity index (χ1) is 5.95. The summed E-state index contributed by atoms with van der Waals surface area (Å²) in [4.78, 5) is 0. The molecule has 0 bridgehead atoms. The maximum absolute atomic E-state index is 2.39. The van der Waals surface area contributed by atoms with Crippen LogP contribution in [0.3, 0.4) is 0 Å². The van der Waals surface area contributed by atoms with Gasteiger partial charge in [0.1, 0.15) is 0 Å². The normalized spacial score (nSPS) is 21.7. The fraction of sp³-hybridized carbons (Fsp3) is 0.692. The zero-order valence-corrected chi connectivity index (χ0v) is 9.91. The van der Waals surface area contributed by atoms with Crippen LogP contribution in [0.25, 0.3) is 0 Å². The number of allylic oxidation sites excluding steroid dienone is 4. The van der Waals surface area contributed by atoms with Gasteiger partial charge >= 0.3 is 0 Å². The van der Waals surface area contributed by atoms with Gasteiger partial charge in [0.15, 0.2) is 0 Å². The molecule has 0 aromatic carbocycles. The second-order valence-corrected chi connectivity index (χ2v) is 4.58. The monoisotopic (exact) mass is 178 g/mol. The number of rotatable bonds is 2. The smallest absolute Gasteiger partial charge is 0.00982 e. The SMILES string of the molecule is CCCC1(C)C(C)=C(C)C(C)=C1C. The molecule has 0 atom stereocenters. The largest absolute Gasteiger partial charge is 0.0653 e. The molecule has 1 rings (SSSR count). The van der Waals surface area contributed by atoms with Crippen LogP contribution in [0.15, 0.2) is 22.3 Å². The minimum Gasteiger partial charge on any atom is -0.0653 e. The van der Waals surface area contributed by atoms with E-state index in [1.807, 2.05) is 0 Å². The lowest BCUT2D eigenvalue weighted by Crippen LogP contribution is -2.16. The van der Waals surface area contributed by atoms with E-state index in [1.165, 1.54) is 24.0 Å². The highest BCUT2D eigenvalue weighted by Crippen LogP contribution is 2.49. The molecule has 0 spiro atoms. The van der Waals surface area contributed by atoms with Crippen LogP contribution >= 0.6 is 0 Å². The van der Waals surface area contributed by atoms with Gasteiger partial charge in [0.25, 0.3) is 0 Å². The molecule has 0 N–H and O–H groups in total. The average Bonchev–Trinajstić information content (AvgIpc) is 2.23. The lowest BCUT2D eigenvalue weighted by atomic mass is 9.76. The van der Waals surface area contributed by atoms with E-state index >= 15 is 0 Å². The van der Waals surface area contributed by atoms with Crippen molar-refractivity contribution in [2.45, 2.75) is 54.4 Å². The Balaban J connectivity index is 3.14. The summed E-state index contributed by atoms with van der Waals surface area (Å²) in [7, 11) is 0. The summed E-state index contributed by atoms with van der Waals surface area (Å²) in [6, 6.07) is 0. The zero-order chi connectivity index (χ0) is 10.2. The Morgan fingerprint density at radius 3 is 1.62 bits per heavy atom. The minimum atomic E-state index is 0.364. The van der Waals surface area contributed by atoms with E-state index in [2.05, 4.69) is 41.5 Å². The first-order valence-corrected chi connectivity index (χ1v) is 5.31. The van der Waals surface area contributed by atoms with Crippen LogP contribution in [0.4, 0.5) is 0 Å². The van der Waals surface area contributed by atoms with Crippen LogP contribution in [0, 0.1) is 5.41 Å². The third-order valence-corrected chi connectivity index (χ3v) is 4.09. The molecule has 0 saturated carbocycles. The molecule has 0 heterocycles. The van der Waals surface area contributed by atoms with E-state index < -0.39 is 0 Å². The lowest BCUT2D eigenvalue weighted by Gasteiger charge is -2.28. The van der Waals surface area contributed by atoms with Crippen LogP contribution in [0.2, 0.25) is 0 Å². The van der Waals surface area contributed by atoms with Gasteiger partial charge in [-0.25, -0.2) is 0 Å². The van der Waals surface area contributed by atoms with Crippen molar-refractivity contribution in [1.29, 1.82) is 0 Å². The van der Waals surface area contributed by atoms with Crippen molar-refractivity contribution in [1.82, 2.24) is 0 Å². The van der Waals surface area contributed by atoms with E-state index in [1.54, 1.807) is 11.1 Å². The molecular weight excluding hydrogens is 156 g/mol. The highest BCUT2D eigenvalue weighted by Gasteiger charge is 2.34. The van der Waals surface area contributed by atoms with Crippen LogP contribution in [0.1, 0.15) is 54.4 Å². The molecule has 0 fully saturated rings. The van der Waals surface area contributed by atoms with E-state index in [0.717, 1.165) is 0 Å². The van der Waals surface area contributed by atoms with Gasteiger partial charge in [-0.15, -0.1) is 0 Å². The number of hydrogen-bond donors (Lipinski definition) is 0. The van der Waals surface area contributed by atoms with Crippen LogP contribution in [-0.4, -0.2) is 0 Å². The van der Waals surface area contributed by atoms with Crippen molar-refractivity contribution < 1.29 is 0 Å². The van der Waals surface area contributed by atoms with Crippen molar-refractivity contribution >= 4 is 0 Å². The summed E-state index contributed by atoms with van der Waals surface area (Å²) in [5, 5.41) is 0. The van der Waals surface area contributed by atoms with Gasteiger partial charge in [0, 0.05) is 5.41 Å². The summed E-state index contributed by atoms with van der Waals surface area (Å²) >= 11 is 0. The predicted octanol–water partition coefficient (Wildman–Crippen LogP) is 4.48. The molecule has 0 aromatic rings. The first kappa shape index (κ1) is 10.6. The van der Waals surface area contributed by atoms with Crippen molar-refractivity contribution in [2.75, 3.05) is 0 Å². The first-order valence-electron chi connectivity index (χ1n) is 5.31. The van der Waals surface area contributed by atoms with Crippen LogP contribution < -0.4 is 0 Å². The maximum atomic E-state index is 2.39. The molecule has 0 nitrogen and oxygen atoms in total. The second kappa shape index (κ2) is 3.32. The Bertz CT molecular complexity index is 252. The summed E-state index contributed by atoms with van der Waals surface area (Å²) in [5.41, 5.74) is 6.58. The van der Waals surface area contributed by atoms with Crippen molar-refractivity contribution in [3.63, 3.8) is 0 Å². The molecule has 0 heteroatoms. The standard InChI is InChI=1S/C13H22/c1-7-8-13(6)11(4)9(2)10(3)12(13)5/h7-8H2,1-6H3. The second-order valence-electron chi connectivity index (χ2n) is 4.58. The van der Waals surface area contributed by atoms with Gasteiger partial charge in [-0.2, -0.15) is 0 Å². The van der Waals surface area contributed by atoms with Gasteiger partial charge in [-0.3, -0.25) is 0 Å². The van der Waals surface area contributed by atoms with E-state index in [9.17, 15) is 0 Å². The Labute approximate surface area is 82.7 Å². The fourth-order valence-corrected chi connectivity index (χ4v) is 2.55. The summed E-state index contributed by atoms with van der Waals surface area (Å²) in [6.45, 7) is 13.8. The Hall–Kier alpha value is -0.520. The minimum absolute atomic E-state index is 0.364. The van der Waals surface area contributed by atoms with Gasteiger partial charge in [0.05, 0.1) is 0 Å². The fourth-order valence-electron chi connectivity index (χ4n) is 2.55. The Morgan fingerprint density at radius 2 is 1.31 bits per heavy atom. The maximum Gasteiger partial charge on any atom is 0.00982 e. The number of hydrogen-bond acceptors (Lipinski definition) is 0. The molecule has 1 aliphatic carbocycles. The third kappa shape index (κ3) is 1.37. The van der Waals surface area contributed by atoms with E-state index in [4.69, 9.17) is 0 Å². The third-order valence-electron chi connectivity index (χ3n) is 4.09. The quantitative estimate of drug-likeness (QED) is 0.585. The van der Waals surface area contributed by atoms with Crippen molar-refractivity contribution in [2.24, 2.45) is 5.41 Å². The highest BCUT2D eigenvalue weighted by molar-refractivity contribution is 5.49. The van der Waals surface area contributed by atoms with Crippen molar-refractivity contribution in [3.05, 3.63) is 22.3 Å². The summed E-state index contributed by atoms with van der Waals surface area (Å²) in [6.07, 6.45) is 2.56.